The minimum Gasteiger partial charge on any atom is -0.756 e. The minimum absolute atomic E-state index is 0.0288. The number of unbranched alkanes of at least 4 members (excludes halogenated alkanes) is 25. The number of quaternary nitrogens is 1. The first kappa shape index (κ1) is 55.5. The van der Waals surface area contributed by atoms with Crippen molar-refractivity contribution < 1.29 is 42.1 Å². The first-order valence-electron chi connectivity index (χ1n) is 23.5. The maximum Gasteiger partial charge on any atom is 0.306 e. The van der Waals surface area contributed by atoms with Crippen LogP contribution in [-0.4, -0.2) is 70.0 Å². The lowest BCUT2D eigenvalue weighted by molar-refractivity contribution is -0.870. The first-order valence-corrected chi connectivity index (χ1v) is 25.0. The Labute approximate surface area is 351 Å². The number of allylic oxidation sites excluding steroid dienone is 4. The fourth-order valence-electron chi connectivity index (χ4n) is 6.51. The van der Waals surface area contributed by atoms with E-state index in [0.717, 1.165) is 51.4 Å². The smallest absolute Gasteiger partial charge is 0.306 e. The van der Waals surface area contributed by atoms with Gasteiger partial charge in [-0.3, -0.25) is 14.2 Å². The molecule has 0 aromatic carbocycles. The van der Waals surface area contributed by atoms with Crippen molar-refractivity contribution in [3.05, 3.63) is 24.3 Å². The molecule has 0 radical (unpaired) electrons. The summed E-state index contributed by atoms with van der Waals surface area (Å²) in [6, 6.07) is 0. The van der Waals surface area contributed by atoms with E-state index in [0.29, 0.717) is 17.4 Å². The molecule has 0 aliphatic rings. The summed E-state index contributed by atoms with van der Waals surface area (Å²) >= 11 is 0. The van der Waals surface area contributed by atoms with Crippen molar-refractivity contribution in [2.75, 3.05) is 47.5 Å². The zero-order valence-electron chi connectivity index (χ0n) is 37.8. The Morgan fingerprint density at radius 2 is 0.947 bits per heavy atom. The second-order valence-corrected chi connectivity index (χ2v) is 18.5. The Bertz CT molecular complexity index is 1030. The number of nitrogens with zero attached hydrogens (tertiary/aromatic N) is 1. The number of rotatable bonds is 43. The number of phosphoric ester groups is 1. The van der Waals surface area contributed by atoms with Gasteiger partial charge < -0.3 is 27.9 Å². The third-order valence-corrected chi connectivity index (χ3v) is 11.2. The second-order valence-electron chi connectivity index (χ2n) is 17.1. The van der Waals surface area contributed by atoms with E-state index < -0.39 is 32.5 Å². The van der Waals surface area contributed by atoms with Gasteiger partial charge in [0.2, 0.25) is 0 Å². The van der Waals surface area contributed by atoms with Crippen LogP contribution in [0, 0.1) is 0 Å². The van der Waals surface area contributed by atoms with Gasteiger partial charge in [-0.1, -0.05) is 179 Å². The first-order chi connectivity index (χ1) is 27.5. The topological polar surface area (TPSA) is 111 Å². The molecule has 0 amide bonds. The Kier molecular flexibility index (Phi) is 38.9. The molecule has 0 spiro atoms. The zero-order chi connectivity index (χ0) is 42.1. The van der Waals surface area contributed by atoms with Gasteiger partial charge in [-0.25, -0.2) is 0 Å². The Balaban J connectivity index is 4.01. The quantitative estimate of drug-likeness (QED) is 0.0196. The van der Waals surface area contributed by atoms with Crippen LogP contribution >= 0.6 is 7.82 Å². The number of hydrogen-bond acceptors (Lipinski definition) is 8. The average molecular weight is 828 g/mol. The third kappa shape index (κ3) is 43.9. The molecule has 2 unspecified atom stereocenters. The van der Waals surface area contributed by atoms with Crippen molar-refractivity contribution in [1.82, 2.24) is 0 Å². The van der Waals surface area contributed by atoms with E-state index in [-0.39, 0.29) is 26.1 Å². The van der Waals surface area contributed by atoms with Crippen LogP contribution in [0.2, 0.25) is 0 Å². The van der Waals surface area contributed by atoms with Gasteiger partial charge in [-0.15, -0.1) is 0 Å². The number of esters is 2. The monoisotopic (exact) mass is 828 g/mol. The number of ether oxygens (including phenoxy) is 2. The van der Waals surface area contributed by atoms with E-state index in [9.17, 15) is 19.0 Å². The maximum absolute atomic E-state index is 12.6. The van der Waals surface area contributed by atoms with Gasteiger partial charge in [0.25, 0.3) is 7.82 Å². The highest BCUT2D eigenvalue weighted by atomic mass is 31.2. The van der Waals surface area contributed by atoms with Crippen LogP contribution in [0.4, 0.5) is 0 Å². The molecule has 57 heavy (non-hydrogen) atoms. The molecule has 0 saturated heterocycles. The molecular weight excluding hydrogens is 737 g/mol. The molecule has 0 rings (SSSR count). The summed E-state index contributed by atoms with van der Waals surface area (Å²) in [5.41, 5.74) is 0. The SMILES string of the molecule is CCCCCCC/C=C\C/C=C\CCCCCCCCCCCCCCCCCC(=O)OC(COC(=O)CCCCCCCC)COP(=O)([O-])OCC[N+](C)(C)C. The second kappa shape index (κ2) is 39.9. The molecule has 336 valence electrons. The van der Waals surface area contributed by atoms with E-state index in [4.69, 9.17) is 18.5 Å². The zero-order valence-corrected chi connectivity index (χ0v) is 38.7. The summed E-state index contributed by atoms with van der Waals surface area (Å²) in [7, 11) is 1.17. The lowest BCUT2D eigenvalue weighted by atomic mass is 10.0. The van der Waals surface area contributed by atoms with Crippen LogP contribution in [0.1, 0.15) is 213 Å². The molecule has 0 aliphatic heterocycles. The predicted molar refractivity (Wildman–Crippen MR) is 236 cm³/mol. The van der Waals surface area contributed by atoms with Gasteiger partial charge in [0.1, 0.15) is 19.8 Å². The summed E-state index contributed by atoms with van der Waals surface area (Å²) in [6.45, 7) is 4.16. The molecule has 0 heterocycles. The summed E-state index contributed by atoms with van der Waals surface area (Å²) in [6.07, 6.45) is 44.0. The molecule has 9 nitrogen and oxygen atoms in total. The third-order valence-electron chi connectivity index (χ3n) is 10.2. The van der Waals surface area contributed by atoms with Crippen LogP contribution in [0.3, 0.4) is 0 Å². The lowest BCUT2D eigenvalue weighted by Gasteiger charge is -2.28. The fourth-order valence-corrected chi connectivity index (χ4v) is 7.24. The van der Waals surface area contributed by atoms with E-state index >= 15 is 0 Å². The molecule has 0 saturated carbocycles. The highest BCUT2D eigenvalue weighted by Crippen LogP contribution is 2.38. The van der Waals surface area contributed by atoms with Crippen molar-refractivity contribution in [3.63, 3.8) is 0 Å². The van der Waals surface area contributed by atoms with Gasteiger partial charge in [0.15, 0.2) is 6.10 Å². The van der Waals surface area contributed by atoms with E-state index in [2.05, 4.69) is 38.2 Å². The molecule has 0 aromatic heterocycles. The van der Waals surface area contributed by atoms with Crippen LogP contribution in [0.5, 0.6) is 0 Å². The van der Waals surface area contributed by atoms with Gasteiger partial charge in [-0.05, 0) is 44.9 Å². The number of phosphoric acid groups is 1. The van der Waals surface area contributed by atoms with Gasteiger partial charge >= 0.3 is 11.9 Å². The van der Waals surface area contributed by atoms with E-state index in [1.165, 1.54) is 128 Å². The molecule has 0 aromatic rings. The lowest BCUT2D eigenvalue weighted by Crippen LogP contribution is -2.37. The van der Waals surface area contributed by atoms with Crippen molar-refractivity contribution >= 4 is 19.8 Å². The predicted octanol–water partition coefficient (Wildman–Crippen LogP) is 12.9. The van der Waals surface area contributed by atoms with Crippen LogP contribution in [0.15, 0.2) is 24.3 Å². The summed E-state index contributed by atoms with van der Waals surface area (Å²) in [5.74, 6) is -0.838. The normalized spacial score (nSPS) is 13.7. The molecule has 0 aliphatic carbocycles. The summed E-state index contributed by atoms with van der Waals surface area (Å²) in [5, 5.41) is 0. The summed E-state index contributed by atoms with van der Waals surface area (Å²) < 4.78 is 33.7. The average Bonchev–Trinajstić information content (AvgIpc) is 3.16. The molecule has 0 fully saturated rings. The minimum atomic E-state index is -4.61. The van der Waals surface area contributed by atoms with E-state index in [1.54, 1.807) is 0 Å². The Morgan fingerprint density at radius 1 is 0.544 bits per heavy atom. The van der Waals surface area contributed by atoms with Gasteiger partial charge in [0.05, 0.1) is 27.7 Å². The van der Waals surface area contributed by atoms with Crippen molar-refractivity contribution in [3.8, 4) is 0 Å². The van der Waals surface area contributed by atoms with Crippen molar-refractivity contribution in [2.24, 2.45) is 0 Å². The fraction of sp³-hybridized carbons (Fsp3) is 0.872. The van der Waals surface area contributed by atoms with Crippen molar-refractivity contribution in [1.29, 1.82) is 0 Å². The van der Waals surface area contributed by atoms with Gasteiger partial charge in [-0.2, -0.15) is 0 Å². The number of carbonyl (C=O) groups is 2. The number of likely N-dealkylation sites (N-methyl/N-ethyl adjacent to an activating group) is 1. The molecule has 0 bridgehead atoms. The van der Waals surface area contributed by atoms with Gasteiger partial charge in [0, 0.05) is 12.8 Å². The van der Waals surface area contributed by atoms with E-state index in [1.807, 2.05) is 21.1 Å². The standard InChI is InChI=1S/C47H90NO8P/c1-6-8-10-12-14-15-16-17-18-19-20-21-22-23-24-25-26-27-28-29-30-31-32-33-34-36-38-40-47(50)56-45(43-53-46(49)39-37-35-13-11-9-7-2)44-55-57(51,52)54-42-41-48(3,4)5/h16-17,19-20,45H,6-15,18,21-44H2,1-5H3/b17-16-,20-19-. The highest BCUT2D eigenvalue weighted by molar-refractivity contribution is 7.45. The molecule has 0 N–H and O–H groups in total. The van der Waals surface area contributed by atoms with Crippen molar-refractivity contribution in [2.45, 2.75) is 219 Å². The Hall–Kier alpha value is -1.51. The van der Waals surface area contributed by atoms with Crippen LogP contribution in [-0.2, 0) is 32.7 Å². The highest BCUT2D eigenvalue weighted by Gasteiger charge is 2.21. The molecular formula is C47H90NO8P. The number of carbonyl (C=O) groups excluding carboxylic acids is 2. The number of hydrogen-bond donors (Lipinski definition) is 0. The maximum atomic E-state index is 12.6. The van der Waals surface area contributed by atoms with Crippen LogP contribution < -0.4 is 4.89 Å². The Morgan fingerprint density at radius 3 is 1.39 bits per heavy atom. The summed E-state index contributed by atoms with van der Waals surface area (Å²) in [4.78, 5) is 37.3. The molecule has 2 atom stereocenters. The van der Waals surface area contributed by atoms with Crippen LogP contribution in [0.25, 0.3) is 0 Å². The largest absolute Gasteiger partial charge is 0.756 e. The molecule has 10 heteroatoms.